The summed E-state index contributed by atoms with van der Waals surface area (Å²) in [5.74, 6) is 0. The Morgan fingerprint density at radius 3 is 2.75 bits per heavy atom. The van der Waals surface area contributed by atoms with E-state index in [0.717, 1.165) is 17.4 Å². The molecule has 2 heterocycles. The van der Waals surface area contributed by atoms with E-state index in [0.29, 0.717) is 18.6 Å². The molecule has 0 aliphatic carbocycles. The average Bonchev–Trinajstić information content (AvgIpc) is 2.89. The van der Waals surface area contributed by atoms with E-state index in [1.807, 2.05) is 0 Å². The van der Waals surface area contributed by atoms with Crippen molar-refractivity contribution >= 4 is 0 Å². The highest BCUT2D eigenvalue weighted by Crippen LogP contribution is 2.29. The van der Waals surface area contributed by atoms with Crippen molar-refractivity contribution in [2.45, 2.75) is 38.2 Å². The summed E-state index contributed by atoms with van der Waals surface area (Å²) in [6.45, 7) is 3.02. The highest BCUT2D eigenvalue weighted by Gasteiger charge is 2.37. The molecule has 1 fully saturated rings. The minimum atomic E-state index is -0.548. The van der Waals surface area contributed by atoms with Crippen molar-refractivity contribution in [1.29, 1.82) is 0 Å². The molecule has 0 radical (unpaired) electrons. The lowest BCUT2D eigenvalue weighted by Gasteiger charge is -2.24. The van der Waals surface area contributed by atoms with Crippen LogP contribution in [0, 0.1) is 6.92 Å². The molecule has 0 amide bonds. The molecule has 0 spiro atoms. The zero-order chi connectivity index (χ0) is 17.9. The van der Waals surface area contributed by atoms with E-state index in [-0.39, 0.29) is 12.7 Å². The van der Waals surface area contributed by atoms with Crippen molar-refractivity contribution in [3.05, 3.63) is 32.6 Å². The summed E-state index contributed by atoms with van der Waals surface area (Å²) in [6.07, 6.45) is 1.56. The maximum absolute atomic E-state index is 12.0. The van der Waals surface area contributed by atoms with Crippen molar-refractivity contribution < 1.29 is 19.1 Å². The number of aromatic nitrogens is 2. The lowest BCUT2D eigenvalue weighted by atomic mass is 10.2. The molecule has 3 atom stereocenters. The van der Waals surface area contributed by atoms with E-state index in [9.17, 15) is 14.7 Å². The first-order chi connectivity index (χ1) is 11.2. The fraction of sp³-hybridized carbons (Fsp3) is 0.750. The van der Waals surface area contributed by atoms with Crippen LogP contribution in [0.25, 0.3) is 0 Å². The van der Waals surface area contributed by atoms with Gasteiger partial charge >= 0.3 is 5.69 Å². The molecule has 2 N–H and O–H groups in total. The molecule has 2 rings (SSSR count). The zero-order valence-electron chi connectivity index (χ0n) is 14.8. The van der Waals surface area contributed by atoms with Crippen LogP contribution in [-0.2, 0) is 9.47 Å². The molecule has 8 nitrogen and oxygen atoms in total. The van der Waals surface area contributed by atoms with Gasteiger partial charge in [-0.25, -0.2) is 4.79 Å². The van der Waals surface area contributed by atoms with Crippen LogP contribution in [-0.4, -0.2) is 72.3 Å². The number of hydrogen-bond donors (Lipinski definition) is 2. The van der Waals surface area contributed by atoms with E-state index in [1.165, 1.54) is 10.8 Å². The van der Waals surface area contributed by atoms with E-state index in [1.54, 1.807) is 6.92 Å². The minimum Gasteiger partial charge on any atom is -0.394 e. The fourth-order valence-corrected chi connectivity index (χ4v) is 2.78. The zero-order valence-corrected chi connectivity index (χ0v) is 14.8. The van der Waals surface area contributed by atoms with E-state index in [2.05, 4.69) is 26.1 Å². The van der Waals surface area contributed by atoms with Crippen molar-refractivity contribution in [2.75, 3.05) is 40.9 Å². The smallest absolute Gasteiger partial charge is 0.330 e. The number of H-pyrrole nitrogens is 1. The van der Waals surface area contributed by atoms with Crippen LogP contribution in [0.15, 0.2) is 15.8 Å². The second-order valence-electron chi connectivity index (χ2n) is 7.30. The molecular weight excluding hydrogens is 314 g/mol. The number of aliphatic hydroxyl groups is 1. The quantitative estimate of drug-likeness (QED) is 0.520. The number of nitrogens with zero attached hydrogens (tertiary/aromatic N) is 2. The number of aromatic amines is 1. The van der Waals surface area contributed by atoms with Gasteiger partial charge < -0.3 is 19.1 Å². The number of rotatable bonds is 7. The van der Waals surface area contributed by atoms with Gasteiger partial charge in [0.1, 0.15) is 12.3 Å². The van der Waals surface area contributed by atoms with Crippen molar-refractivity contribution in [3.8, 4) is 0 Å². The van der Waals surface area contributed by atoms with E-state index >= 15 is 0 Å². The summed E-state index contributed by atoms with van der Waals surface area (Å²) in [4.78, 5) is 25.7. The highest BCUT2D eigenvalue weighted by atomic mass is 16.6. The van der Waals surface area contributed by atoms with E-state index in [4.69, 9.17) is 9.47 Å². The SMILES string of the molecule is Cc1cn([C@H]2C[C@H](OCCC[N+](C)(C)C)[C@@H](CO)O2)c(=O)[nH]c1=O. The monoisotopic (exact) mass is 342 g/mol. The molecule has 24 heavy (non-hydrogen) atoms. The van der Waals surface area contributed by atoms with Gasteiger partial charge in [0.25, 0.3) is 5.56 Å². The predicted molar refractivity (Wildman–Crippen MR) is 88.9 cm³/mol. The van der Waals surface area contributed by atoms with Crippen LogP contribution in [0.3, 0.4) is 0 Å². The third kappa shape index (κ3) is 4.76. The summed E-state index contributed by atoms with van der Waals surface area (Å²) >= 11 is 0. The standard InChI is InChI=1S/C16H27N3O5/c1-11-9-18(16(22)17-15(11)21)14-8-12(13(10-20)24-14)23-7-5-6-19(2,3)4/h9,12-14,20H,5-8,10H2,1-4H3/p+1/t12-,13+,14+/m0/s1. The number of aliphatic hydroxyl groups excluding tert-OH is 1. The summed E-state index contributed by atoms with van der Waals surface area (Å²) in [7, 11) is 6.36. The summed E-state index contributed by atoms with van der Waals surface area (Å²) in [5, 5.41) is 9.50. The largest absolute Gasteiger partial charge is 0.394 e. The highest BCUT2D eigenvalue weighted by molar-refractivity contribution is 5.02. The molecular formula is C16H28N3O5+. The van der Waals surface area contributed by atoms with Crippen molar-refractivity contribution in [3.63, 3.8) is 0 Å². The number of hydrogen-bond acceptors (Lipinski definition) is 5. The molecule has 8 heteroatoms. The van der Waals surface area contributed by atoms with Gasteiger partial charge in [0.2, 0.25) is 0 Å². The van der Waals surface area contributed by atoms with Gasteiger partial charge in [-0.15, -0.1) is 0 Å². The lowest BCUT2D eigenvalue weighted by molar-refractivity contribution is -0.870. The van der Waals surface area contributed by atoms with Gasteiger partial charge in [-0.3, -0.25) is 14.3 Å². The number of quaternary nitrogens is 1. The lowest BCUT2D eigenvalue weighted by Crippen LogP contribution is -2.36. The Hall–Kier alpha value is -1.48. The van der Waals surface area contributed by atoms with Gasteiger partial charge in [-0.05, 0) is 6.92 Å². The van der Waals surface area contributed by atoms with Crippen LogP contribution in [0.2, 0.25) is 0 Å². The molecule has 0 saturated carbocycles. The molecule has 0 unspecified atom stereocenters. The first-order valence-electron chi connectivity index (χ1n) is 8.21. The molecule has 0 bridgehead atoms. The van der Waals surface area contributed by atoms with Gasteiger partial charge in [0, 0.05) is 24.6 Å². The second-order valence-corrected chi connectivity index (χ2v) is 7.30. The van der Waals surface area contributed by atoms with Crippen LogP contribution in [0.1, 0.15) is 24.6 Å². The third-order valence-corrected chi connectivity index (χ3v) is 4.12. The molecule has 1 aromatic heterocycles. The van der Waals surface area contributed by atoms with Crippen LogP contribution in [0.4, 0.5) is 0 Å². The van der Waals surface area contributed by atoms with Crippen LogP contribution >= 0.6 is 0 Å². The Balaban J connectivity index is 2.00. The summed E-state index contributed by atoms with van der Waals surface area (Å²) < 4.78 is 13.8. The van der Waals surface area contributed by atoms with Crippen LogP contribution in [0.5, 0.6) is 0 Å². The van der Waals surface area contributed by atoms with Crippen molar-refractivity contribution in [1.82, 2.24) is 9.55 Å². The van der Waals surface area contributed by atoms with Gasteiger partial charge in [-0.1, -0.05) is 0 Å². The molecule has 1 aliphatic heterocycles. The van der Waals surface area contributed by atoms with Gasteiger partial charge in [-0.2, -0.15) is 0 Å². The molecule has 0 aromatic carbocycles. The summed E-state index contributed by atoms with van der Waals surface area (Å²) in [5.41, 5.74) is -0.481. The second kappa shape index (κ2) is 7.60. The van der Waals surface area contributed by atoms with E-state index < -0.39 is 23.6 Å². The average molecular weight is 342 g/mol. The Bertz CT molecular complexity index is 661. The Kier molecular flexibility index (Phi) is 5.97. The molecule has 136 valence electrons. The molecule has 1 aliphatic rings. The fourth-order valence-electron chi connectivity index (χ4n) is 2.78. The Morgan fingerprint density at radius 2 is 2.12 bits per heavy atom. The Morgan fingerprint density at radius 1 is 1.42 bits per heavy atom. The first kappa shape index (κ1) is 18.9. The molecule has 1 saturated heterocycles. The first-order valence-corrected chi connectivity index (χ1v) is 8.21. The Labute approximate surface area is 141 Å². The molecule has 1 aromatic rings. The van der Waals surface area contributed by atoms with Crippen LogP contribution < -0.4 is 11.2 Å². The van der Waals surface area contributed by atoms with Crippen molar-refractivity contribution in [2.24, 2.45) is 0 Å². The minimum absolute atomic E-state index is 0.173. The maximum Gasteiger partial charge on any atom is 0.330 e. The number of aryl methyl sites for hydroxylation is 1. The maximum atomic E-state index is 12.0. The van der Waals surface area contributed by atoms with Gasteiger partial charge in [0.15, 0.2) is 0 Å². The predicted octanol–water partition coefficient (Wildman–Crippen LogP) is -0.394. The third-order valence-electron chi connectivity index (χ3n) is 4.12. The number of ether oxygens (including phenoxy) is 2. The van der Waals surface area contributed by atoms with Gasteiger partial charge in [0.05, 0.1) is 47.0 Å². The normalized spacial score (nSPS) is 24.5. The number of nitrogens with one attached hydrogen (secondary N) is 1. The summed E-state index contributed by atoms with van der Waals surface area (Å²) in [6, 6.07) is 0. The topological polar surface area (TPSA) is 93.6 Å².